The van der Waals surface area contributed by atoms with Gasteiger partial charge in [-0.25, -0.2) is 4.39 Å². The van der Waals surface area contributed by atoms with Gasteiger partial charge in [0.2, 0.25) is 5.82 Å². The Hall–Kier alpha value is -2.58. The van der Waals surface area contributed by atoms with Crippen molar-refractivity contribution in [3.8, 4) is 0 Å². The van der Waals surface area contributed by atoms with Crippen LogP contribution in [0.3, 0.4) is 0 Å². The van der Waals surface area contributed by atoms with E-state index in [2.05, 4.69) is 0 Å². The van der Waals surface area contributed by atoms with Crippen molar-refractivity contribution in [2.75, 3.05) is 5.73 Å². The van der Waals surface area contributed by atoms with Gasteiger partial charge in [0, 0.05) is 6.07 Å². The van der Waals surface area contributed by atoms with E-state index in [4.69, 9.17) is 15.9 Å². The Bertz CT molecular complexity index is 665. The minimum absolute atomic E-state index is 0.0755. The van der Waals surface area contributed by atoms with Crippen LogP contribution in [-0.4, -0.2) is 15.1 Å². The van der Waals surface area contributed by atoms with Crippen LogP contribution in [0.15, 0.2) is 36.4 Å². The van der Waals surface area contributed by atoms with Crippen molar-refractivity contribution in [2.45, 2.75) is 13.2 Å². The molecular formula is C14H14F2N2O4. The van der Waals surface area contributed by atoms with E-state index in [0.29, 0.717) is 11.1 Å². The van der Waals surface area contributed by atoms with E-state index in [1.807, 2.05) is 0 Å². The minimum Gasteiger partial charge on any atom is -0.396 e. The maximum atomic E-state index is 12.6. The number of nitro groups is 1. The Labute approximate surface area is 124 Å². The summed E-state index contributed by atoms with van der Waals surface area (Å²) in [6.07, 6.45) is 0. The summed E-state index contributed by atoms with van der Waals surface area (Å²) in [4.78, 5) is 9.35. The molecule has 2 aromatic rings. The van der Waals surface area contributed by atoms with Crippen LogP contribution in [0.4, 0.5) is 20.2 Å². The van der Waals surface area contributed by atoms with Crippen LogP contribution in [0.25, 0.3) is 0 Å². The first-order valence-electron chi connectivity index (χ1n) is 6.07. The lowest BCUT2D eigenvalue weighted by Crippen LogP contribution is -1.94. The van der Waals surface area contributed by atoms with Crippen LogP contribution >= 0.6 is 0 Å². The van der Waals surface area contributed by atoms with Gasteiger partial charge in [-0.1, -0.05) is 12.1 Å². The number of nitrogens with zero attached hydrogens (tertiary/aromatic N) is 1. The predicted molar refractivity (Wildman–Crippen MR) is 75.7 cm³/mol. The molecule has 0 aliphatic rings. The normalized spacial score (nSPS) is 9.82. The molecule has 0 radical (unpaired) electrons. The summed E-state index contributed by atoms with van der Waals surface area (Å²) < 4.78 is 25.1. The quantitative estimate of drug-likeness (QED) is 0.457. The van der Waals surface area contributed by atoms with Gasteiger partial charge >= 0.3 is 5.69 Å². The average molecular weight is 312 g/mol. The van der Waals surface area contributed by atoms with Crippen molar-refractivity contribution in [3.05, 3.63) is 69.3 Å². The highest BCUT2D eigenvalue weighted by atomic mass is 19.1. The van der Waals surface area contributed by atoms with Gasteiger partial charge in [-0.3, -0.25) is 10.1 Å². The predicted octanol–water partition coefficient (Wildman–Crippen LogP) is 2.13. The second kappa shape index (κ2) is 8.01. The molecule has 0 saturated heterocycles. The Morgan fingerprint density at radius 2 is 1.50 bits per heavy atom. The van der Waals surface area contributed by atoms with E-state index < -0.39 is 22.2 Å². The third kappa shape index (κ3) is 4.76. The first-order chi connectivity index (χ1) is 10.4. The molecule has 0 aliphatic heterocycles. The number of aliphatic hydroxyl groups is 2. The molecule has 0 spiro atoms. The first kappa shape index (κ1) is 17.5. The van der Waals surface area contributed by atoms with Crippen molar-refractivity contribution in [1.82, 2.24) is 0 Å². The van der Waals surface area contributed by atoms with Gasteiger partial charge in [0.25, 0.3) is 0 Å². The Kier molecular flexibility index (Phi) is 6.36. The SMILES string of the molecule is Nc1cc(CO)ccc1F.O=[N+]([O-])c1cc(CO)ccc1F. The van der Waals surface area contributed by atoms with Crippen LogP contribution in [0.5, 0.6) is 0 Å². The maximum Gasteiger partial charge on any atom is 0.305 e. The topological polar surface area (TPSA) is 110 Å². The van der Waals surface area contributed by atoms with Gasteiger partial charge in [0.15, 0.2) is 0 Å². The van der Waals surface area contributed by atoms with Crippen molar-refractivity contribution < 1.29 is 23.9 Å². The summed E-state index contributed by atoms with van der Waals surface area (Å²) in [5.74, 6) is -1.34. The second-order valence-electron chi connectivity index (χ2n) is 4.21. The van der Waals surface area contributed by atoms with E-state index >= 15 is 0 Å². The van der Waals surface area contributed by atoms with Crippen molar-refractivity contribution in [3.63, 3.8) is 0 Å². The third-order valence-electron chi connectivity index (χ3n) is 2.63. The fraction of sp³-hybridized carbons (Fsp3) is 0.143. The zero-order valence-electron chi connectivity index (χ0n) is 11.4. The molecule has 0 amide bonds. The number of hydrogen-bond donors (Lipinski definition) is 3. The molecule has 2 aromatic carbocycles. The van der Waals surface area contributed by atoms with Crippen molar-refractivity contribution in [2.24, 2.45) is 0 Å². The smallest absolute Gasteiger partial charge is 0.305 e. The fourth-order valence-corrected chi connectivity index (χ4v) is 1.49. The van der Waals surface area contributed by atoms with Crippen LogP contribution < -0.4 is 5.73 Å². The molecule has 0 heterocycles. The standard InChI is InChI=1S/C7H6FNO3.C7H8FNO/c8-6-2-1-5(4-10)3-7(6)9(11)12;8-6-2-1-5(4-10)3-7(6)9/h1-3,10H,4H2;1-3,10H,4,9H2. The van der Waals surface area contributed by atoms with Gasteiger partial charge in [0.1, 0.15) is 5.82 Å². The van der Waals surface area contributed by atoms with E-state index in [9.17, 15) is 18.9 Å². The van der Waals surface area contributed by atoms with Crippen LogP contribution in [0.2, 0.25) is 0 Å². The molecule has 4 N–H and O–H groups in total. The molecule has 0 aromatic heterocycles. The van der Waals surface area contributed by atoms with Crippen LogP contribution in [0.1, 0.15) is 11.1 Å². The molecule has 0 saturated carbocycles. The first-order valence-corrected chi connectivity index (χ1v) is 6.07. The molecule has 0 unspecified atom stereocenters. The van der Waals surface area contributed by atoms with Crippen molar-refractivity contribution in [1.29, 1.82) is 0 Å². The maximum absolute atomic E-state index is 12.6. The summed E-state index contributed by atoms with van der Waals surface area (Å²) in [6.45, 7) is -0.439. The molecule has 0 aliphatic carbocycles. The van der Waals surface area contributed by atoms with Gasteiger partial charge in [-0.2, -0.15) is 4.39 Å². The molecule has 118 valence electrons. The lowest BCUT2D eigenvalue weighted by Gasteiger charge is -1.97. The van der Waals surface area contributed by atoms with E-state index in [1.54, 1.807) is 0 Å². The molecule has 2 rings (SSSR count). The fourth-order valence-electron chi connectivity index (χ4n) is 1.49. The summed E-state index contributed by atoms with van der Waals surface area (Å²) in [7, 11) is 0. The van der Waals surface area contributed by atoms with Gasteiger partial charge in [-0.15, -0.1) is 0 Å². The van der Waals surface area contributed by atoms with Gasteiger partial charge < -0.3 is 15.9 Å². The van der Waals surface area contributed by atoms with Crippen LogP contribution in [0, 0.1) is 21.7 Å². The number of nitro benzene ring substituents is 1. The van der Waals surface area contributed by atoms with Crippen molar-refractivity contribution >= 4 is 11.4 Å². The highest BCUT2D eigenvalue weighted by Crippen LogP contribution is 2.18. The Morgan fingerprint density at radius 1 is 1.00 bits per heavy atom. The lowest BCUT2D eigenvalue weighted by molar-refractivity contribution is -0.387. The van der Waals surface area contributed by atoms with Gasteiger partial charge in [0.05, 0.1) is 23.8 Å². The summed E-state index contributed by atoms with van der Waals surface area (Å²) in [5.41, 5.74) is 5.62. The molecule has 8 heteroatoms. The summed E-state index contributed by atoms with van der Waals surface area (Å²) in [5, 5.41) is 27.3. The average Bonchev–Trinajstić information content (AvgIpc) is 2.51. The molecule has 0 atom stereocenters. The van der Waals surface area contributed by atoms with E-state index in [0.717, 1.165) is 12.1 Å². The number of anilines is 1. The zero-order valence-corrected chi connectivity index (χ0v) is 11.4. The number of halogens is 2. The monoisotopic (exact) mass is 312 g/mol. The number of rotatable bonds is 3. The highest BCUT2D eigenvalue weighted by molar-refractivity contribution is 5.42. The van der Waals surface area contributed by atoms with Gasteiger partial charge in [-0.05, 0) is 29.3 Å². The molecule has 0 fully saturated rings. The molecular weight excluding hydrogens is 298 g/mol. The molecule has 6 nitrogen and oxygen atoms in total. The summed E-state index contributed by atoms with van der Waals surface area (Å²) >= 11 is 0. The van der Waals surface area contributed by atoms with E-state index in [-0.39, 0.29) is 18.9 Å². The Morgan fingerprint density at radius 3 is 1.95 bits per heavy atom. The Balaban J connectivity index is 0.000000224. The third-order valence-corrected chi connectivity index (χ3v) is 2.63. The lowest BCUT2D eigenvalue weighted by atomic mass is 10.2. The van der Waals surface area contributed by atoms with Crippen LogP contribution in [-0.2, 0) is 13.2 Å². The zero-order chi connectivity index (χ0) is 16.7. The van der Waals surface area contributed by atoms with E-state index in [1.165, 1.54) is 24.3 Å². The number of benzene rings is 2. The second-order valence-corrected chi connectivity index (χ2v) is 4.21. The molecule has 0 bridgehead atoms. The molecule has 22 heavy (non-hydrogen) atoms. The number of aliphatic hydroxyl groups excluding tert-OH is 2. The summed E-state index contributed by atoms with van der Waals surface area (Å²) in [6, 6.07) is 7.41. The minimum atomic E-state index is -0.891. The number of nitrogens with two attached hydrogens (primary N) is 1. The largest absolute Gasteiger partial charge is 0.396 e. The number of nitrogen functional groups attached to an aromatic ring is 1. The highest BCUT2D eigenvalue weighted by Gasteiger charge is 2.13. The number of hydrogen-bond acceptors (Lipinski definition) is 5.